The fourth-order valence-electron chi connectivity index (χ4n) is 3.20. The second-order valence-corrected chi connectivity index (χ2v) is 6.83. The fraction of sp³-hybridized carbons (Fsp3) is 0.318. The van der Waals surface area contributed by atoms with Gasteiger partial charge in [0.1, 0.15) is 6.61 Å². The van der Waals surface area contributed by atoms with Gasteiger partial charge in [-0.05, 0) is 36.1 Å². The van der Waals surface area contributed by atoms with Crippen LogP contribution in [0.2, 0.25) is 0 Å². The maximum atomic E-state index is 12.1. The maximum Gasteiger partial charge on any atom is 0.358 e. The van der Waals surface area contributed by atoms with Crippen LogP contribution >= 0.6 is 0 Å². The SMILES string of the molecule is Cc1ccccc1CC(OCC(=O)ON1C(=O)CCC1=O)c1ccccc1C. The highest BCUT2D eigenvalue weighted by molar-refractivity contribution is 6.01. The van der Waals surface area contributed by atoms with Gasteiger partial charge in [0.25, 0.3) is 11.8 Å². The summed E-state index contributed by atoms with van der Waals surface area (Å²) in [5, 5.41) is 0.538. The molecular weight excluding hydrogens is 358 g/mol. The molecule has 0 aliphatic carbocycles. The van der Waals surface area contributed by atoms with Crippen LogP contribution in [0.3, 0.4) is 0 Å². The summed E-state index contributed by atoms with van der Waals surface area (Å²) < 4.78 is 5.89. The summed E-state index contributed by atoms with van der Waals surface area (Å²) in [5.41, 5.74) is 4.29. The number of hydrogen-bond donors (Lipinski definition) is 0. The van der Waals surface area contributed by atoms with Crippen LogP contribution < -0.4 is 0 Å². The number of carbonyl (C=O) groups is 3. The highest BCUT2D eigenvalue weighted by Gasteiger charge is 2.33. The van der Waals surface area contributed by atoms with Crippen molar-refractivity contribution in [3.05, 3.63) is 70.8 Å². The number of carbonyl (C=O) groups excluding carboxylic acids is 3. The topological polar surface area (TPSA) is 72.9 Å². The zero-order valence-electron chi connectivity index (χ0n) is 16.0. The molecule has 0 saturated carbocycles. The smallest absolute Gasteiger partial charge is 0.358 e. The van der Waals surface area contributed by atoms with Gasteiger partial charge >= 0.3 is 5.97 Å². The normalized spacial score (nSPS) is 15.0. The molecule has 1 heterocycles. The summed E-state index contributed by atoms with van der Waals surface area (Å²) in [6, 6.07) is 15.8. The van der Waals surface area contributed by atoms with Crippen molar-refractivity contribution in [2.45, 2.75) is 39.2 Å². The molecular formula is C22H23NO5. The van der Waals surface area contributed by atoms with Gasteiger partial charge in [-0.3, -0.25) is 9.59 Å². The van der Waals surface area contributed by atoms with Gasteiger partial charge in [-0.2, -0.15) is 0 Å². The van der Waals surface area contributed by atoms with Gasteiger partial charge < -0.3 is 9.57 Å². The molecule has 1 fully saturated rings. The van der Waals surface area contributed by atoms with Crippen LogP contribution in [0.25, 0.3) is 0 Å². The Kier molecular flexibility index (Phi) is 6.21. The molecule has 0 spiro atoms. The highest BCUT2D eigenvalue weighted by atomic mass is 16.7. The lowest BCUT2D eigenvalue weighted by Crippen LogP contribution is -2.33. The van der Waals surface area contributed by atoms with Crippen molar-refractivity contribution in [2.75, 3.05) is 6.61 Å². The van der Waals surface area contributed by atoms with E-state index in [0.717, 1.165) is 22.3 Å². The first-order valence-electron chi connectivity index (χ1n) is 9.24. The molecule has 146 valence electrons. The Hall–Kier alpha value is -2.99. The first kappa shape index (κ1) is 19.8. The molecule has 6 heteroatoms. The van der Waals surface area contributed by atoms with Gasteiger partial charge in [0.05, 0.1) is 6.10 Å². The Morgan fingerprint density at radius 1 is 0.964 bits per heavy atom. The molecule has 2 amide bonds. The molecule has 0 bridgehead atoms. The third-order valence-electron chi connectivity index (χ3n) is 4.80. The molecule has 0 radical (unpaired) electrons. The van der Waals surface area contributed by atoms with E-state index >= 15 is 0 Å². The largest absolute Gasteiger partial charge is 0.361 e. The van der Waals surface area contributed by atoms with E-state index in [-0.39, 0.29) is 25.6 Å². The van der Waals surface area contributed by atoms with Crippen molar-refractivity contribution < 1.29 is 24.0 Å². The number of hydroxylamine groups is 2. The molecule has 1 unspecified atom stereocenters. The second-order valence-electron chi connectivity index (χ2n) is 6.83. The second kappa shape index (κ2) is 8.80. The minimum Gasteiger partial charge on any atom is -0.361 e. The third-order valence-corrected chi connectivity index (χ3v) is 4.80. The first-order valence-corrected chi connectivity index (χ1v) is 9.24. The Balaban J connectivity index is 1.71. The van der Waals surface area contributed by atoms with E-state index in [9.17, 15) is 14.4 Å². The van der Waals surface area contributed by atoms with Gasteiger partial charge in [0.2, 0.25) is 0 Å². The summed E-state index contributed by atoms with van der Waals surface area (Å²) in [6.45, 7) is 3.66. The van der Waals surface area contributed by atoms with E-state index in [1.54, 1.807) is 0 Å². The lowest BCUT2D eigenvalue weighted by molar-refractivity contribution is -0.201. The Labute approximate surface area is 164 Å². The van der Waals surface area contributed by atoms with E-state index in [0.29, 0.717) is 11.5 Å². The summed E-state index contributed by atoms with van der Waals surface area (Å²) >= 11 is 0. The summed E-state index contributed by atoms with van der Waals surface area (Å²) in [5.74, 6) is -1.78. The zero-order valence-corrected chi connectivity index (χ0v) is 16.0. The number of hydrogen-bond acceptors (Lipinski definition) is 5. The Bertz CT molecular complexity index is 876. The molecule has 1 atom stereocenters. The summed E-state index contributed by atoms with van der Waals surface area (Å²) in [7, 11) is 0. The van der Waals surface area contributed by atoms with Crippen molar-refractivity contribution in [3.8, 4) is 0 Å². The van der Waals surface area contributed by atoms with Crippen molar-refractivity contribution in [3.63, 3.8) is 0 Å². The maximum absolute atomic E-state index is 12.1. The molecule has 2 aromatic carbocycles. The van der Waals surface area contributed by atoms with Crippen molar-refractivity contribution in [2.24, 2.45) is 0 Å². The number of nitrogens with zero attached hydrogens (tertiary/aromatic N) is 1. The van der Waals surface area contributed by atoms with E-state index in [1.165, 1.54) is 0 Å². The molecule has 3 rings (SSSR count). The predicted octanol–water partition coefficient (Wildman–Crippen LogP) is 3.21. The summed E-state index contributed by atoms with van der Waals surface area (Å²) in [6.07, 6.45) is 0.352. The van der Waals surface area contributed by atoms with Crippen LogP contribution in [0, 0.1) is 13.8 Å². The first-order chi connectivity index (χ1) is 13.5. The Morgan fingerprint density at radius 3 is 2.21 bits per heavy atom. The Morgan fingerprint density at radius 2 is 1.57 bits per heavy atom. The van der Waals surface area contributed by atoms with Gasteiger partial charge in [0, 0.05) is 19.3 Å². The number of imide groups is 1. The zero-order chi connectivity index (χ0) is 20.1. The van der Waals surface area contributed by atoms with E-state index < -0.39 is 17.8 Å². The minimum atomic E-state index is -0.771. The van der Waals surface area contributed by atoms with Crippen LogP contribution in [0.4, 0.5) is 0 Å². The van der Waals surface area contributed by atoms with Crippen LogP contribution in [0.15, 0.2) is 48.5 Å². The molecule has 2 aromatic rings. The van der Waals surface area contributed by atoms with E-state index in [2.05, 4.69) is 0 Å². The van der Waals surface area contributed by atoms with Crippen molar-refractivity contribution in [1.82, 2.24) is 5.06 Å². The van der Waals surface area contributed by atoms with Gasteiger partial charge in [-0.15, -0.1) is 5.06 Å². The fourth-order valence-corrected chi connectivity index (χ4v) is 3.20. The van der Waals surface area contributed by atoms with Crippen LogP contribution in [0.5, 0.6) is 0 Å². The monoisotopic (exact) mass is 381 g/mol. The number of aryl methyl sites for hydroxylation is 2. The highest BCUT2D eigenvalue weighted by Crippen LogP contribution is 2.26. The van der Waals surface area contributed by atoms with Crippen molar-refractivity contribution in [1.29, 1.82) is 0 Å². The molecule has 0 aromatic heterocycles. The summed E-state index contributed by atoms with van der Waals surface area (Å²) in [4.78, 5) is 40.2. The number of benzene rings is 2. The molecule has 1 aliphatic rings. The number of amides is 2. The lowest BCUT2D eigenvalue weighted by Gasteiger charge is -2.21. The van der Waals surface area contributed by atoms with Crippen LogP contribution in [-0.2, 0) is 30.4 Å². The van der Waals surface area contributed by atoms with Gasteiger partial charge in [0.15, 0.2) is 0 Å². The van der Waals surface area contributed by atoms with Crippen LogP contribution in [0.1, 0.15) is 41.2 Å². The minimum absolute atomic E-state index is 0.0616. The molecule has 6 nitrogen and oxygen atoms in total. The van der Waals surface area contributed by atoms with Gasteiger partial charge in [-0.1, -0.05) is 48.5 Å². The third kappa shape index (κ3) is 4.64. The molecule has 1 saturated heterocycles. The standard InChI is InChI=1S/C22H23NO5/c1-15-7-3-5-9-17(15)13-19(18-10-6-4-8-16(18)2)27-14-22(26)28-23-20(24)11-12-21(23)25/h3-10,19H,11-14H2,1-2H3. The van der Waals surface area contributed by atoms with Gasteiger partial charge in [-0.25, -0.2) is 4.79 Å². The van der Waals surface area contributed by atoms with E-state index in [4.69, 9.17) is 9.57 Å². The molecule has 0 N–H and O–H groups in total. The molecule has 1 aliphatic heterocycles. The lowest BCUT2D eigenvalue weighted by atomic mass is 9.95. The quantitative estimate of drug-likeness (QED) is 0.689. The predicted molar refractivity (Wildman–Crippen MR) is 102 cm³/mol. The van der Waals surface area contributed by atoms with Crippen molar-refractivity contribution >= 4 is 17.8 Å². The van der Waals surface area contributed by atoms with Crippen LogP contribution in [-0.4, -0.2) is 29.5 Å². The van der Waals surface area contributed by atoms with E-state index in [1.807, 2.05) is 62.4 Å². The average molecular weight is 381 g/mol. The average Bonchev–Trinajstić information content (AvgIpc) is 2.99. The molecule has 28 heavy (non-hydrogen) atoms. The number of rotatable bonds is 7. The number of ether oxygens (including phenoxy) is 1.